The molecule has 1 heterocycles. The summed E-state index contributed by atoms with van der Waals surface area (Å²) >= 11 is 0. The van der Waals surface area contributed by atoms with E-state index in [0.717, 1.165) is 36.9 Å². The van der Waals surface area contributed by atoms with E-state index >= 15 is 0 Å². The van der Waals surface area contributed by atoms with Gasteiger partial charge in [-0.1, -0.05) is 27.7 Å². The normalized spacial score (nSPS) is 13.0. The SMILES string of the molecule is CC.CC.CCn1c(=O)c2c(n1CC(=O)OC(C)(C)C)CCCC2. The summed E-state index contributed by atoms with van der Waals surface area (Å²) in [6, 6.07) is 0. The quantitative estimate of drug-likeness (QED) is 0.783. The van der Waals surface area contributed by atoms with E-state index in [1.165, 1.54) is 0 Å². The molecule has 0 spiro atoms. The third-order valence-electron chi connectivity index (χ3n) is 3.53. The lowest BCUT2D eigenvalue weighted by Gasteiger charge is -2.21. The van der Waals surface area contributed by atoms with Crippen molar-refractivity contribution in [1.82, 2.24) is 9.36 Å². The van der Waals surface area contributed by atoms with Gasteiger partial charge in [-0.2, -0.15) is 0 Å². The molecule has 0 unspecified atom stereocenters. The van der Waals surface area contributed by atoms with Crippen LogP contribution in [0.4, 0.5) is 0 Å². The number of rotatable bonds is 3. The van der Waals surface area contributed by atoms with Crippen LogP contribution in [0.2, 0.25) is 0 Å². The number of aromatic nitrogens is 2. The Morgan fingerprint density at radius 1 is 1.04 bits per heavy atom. The van der Waals surface area contributed by atoms with Gasteiger partial charge in [0.05, 0.1) is 0 Å². The smallest absolute Gasteiger partial charge is 0.328 e. The highest BCUT2D eigenvalue weighted by Crippen LogP contribution is 2.19. The van der Waals surface area contributed by atoms with Crippen molar-refractivity contribution in [3.63, 3.8) is 0 Å². The molecule has 1 aromatic rings. The van der Waals surface area contributed by atoms with Crippen molar-refractivity contribution < 1.29 is 9.53 Å². The summed E-state index contributed by atoms with van der Waals surface area (Å²) in [5.74, 6) is -0.289. The van der Waals surface area contributed by atoms with Gasteiger partial charge in [-0.25, -0.2) is 0 Å². The molecule has 2 rings (SSSR count). The maximum Gasteiger partial charge on any atom is 0.328 e. The molecular formula is C19H36N2O3. The summed E-state index contributed by atoms with van der Waals surface area (Å²) < 4.78 is 8.86. The van der Waals surface area contributed by atoms with Crippen molar-refractivity contribution in [3.05, 3.63) is 21.6 Å². The molecule has 1 aliphatic rings. The number of hydrogen-bond donors (Lipinski definition) is 0. The van der Waals surface area contributed by atoms with Gasteiger partial charge in [0.25, 0.3) is 5.56 Å². The third kappa shape index (κ3) is 5.84. The minimum absolute atomic E-state index is 0.0609. The minimum Gasteiger partial charge on any atom is -0.459 e. The molecule has 1 aliphatic carbocycles. The summed E-state index contributed by atoms with van der Waals surface area (Å²) in [6.45, 7) is 16.2. The lowest BCUT2D eigenvalue weighted by atomic mass is 9.98. The first kappa shape index (κ1) is 22.5. The molecule has 0 aliphatic heterocycles. The molecule has 0 fully saturated rings. The number of hydrogen-bond acceptors (Lipinski definition) is 3. The predicted molar refractivity (Wildman–Crippen MR) is 99.5 cm³/mol. The molecule has 0 bridgehead atoms. The molecule has 5 heteroatoms. The van der Waals surface area contributed by atoms with Gasteiger partial charge in [-0.05, 0) is 53.4 Å². The number of nitrogens with zero attached hydrogens (tertiary/aromatic N) is 2. The summed E-state index contributed by atoms with van der Waals surface area (Å²) in [6.07, 6.45) is 3.84. The monoisotopic (exact) mass is 340 g/mol. The molecular weight excluding hydrogens is 304 g/mol. The maximum atomic E-state index is 12.3. The molecule has 0 radical (unpaired) electrons. The number of fused-ring (bicyclic) bond motifs is 1. The highest BCUT2D eigenvalue weighted by atomic mass is 16.6. The van der Waals surface area contributed by atoms with E-state index in [1.54, 1.807) is 4.68 Å². The Kier molecular flexibility index (Phi) is 9.71. The molecule has 1 aromatic heterocycles. The van der Waals surface area contributed by atoms with Gasteiger partial charge in [0, 0.05) is 17.8 Å². The summed E-state index contributed by atoms with van der Waals surface area (Å²) in [5.41, 5.74) is 1.48. The lowest BCUT2D eigenvalue weighted by Crippen LogP contribution is -2.30. The molecule has 0 amide bonds. The second-order valence-corrected chi connectivity index (χ2v) is 6.30. The molecule has 0 N–H and O–H groups in total. The Labute approximate surface area is 147 Å². The van der Waals surface area contributed by atoms with Crippen molar-refractivity contribution in [2.45, 2.75) is 99.8 Å². The number of ether oxygens (including phenoxy) is 1. The maximum absolute atomic E-state index is 12.3. The van der Waals surface area contributed by atoms with Crippen LogP contribution in [-0.2, 0) is 35.5 Å². The largest absolute Gasteiger partial charge is 0.459 e. The Morgan fingerprint density at radius 2 is 1.58 bits per heavy atom. The summed E-state index contributed by atoms with van der Waals surface area (Å²) in [5, 5.41) is 0. The molecule has 0 saturated carbocycles. The van der Waals surface area contributed by atoms with E-state index in [2.05, 4.69) is 0 Å². The first-order valence-electron chi connectivity index (χ1n) is 9.36. The molecule has 0 atom stereocenters. The standard InChI is InChI=1S/C15H24N2O3.2C2H6/c1-5-16-14(19)11-8-6-7-9-12(11)17(16)10-13(18)20-15(2,3)4;2*1-2/h5-10H2,1-4H3;2*1-2H3. The van der Waals surface area contributed by atoms with Crippen LogP contribution in [0.25, 0.3) is 0 Å². The Hall–Kier alpha value is -1.52. The topological polar surface area (TPSA) is 53.2 Å². The van der Waals surface area contributed by atoms with Crippen LogP contribution < -0.4 is 5.56 Å². The fraction of sp³-hybridized carbons (Fsp3) is 0.789. The first-order valence-corrected chi connectivity index (χ1v) is 9.36. The van der Waals surface area contributed by atoms with Crippen molar-refractivity contribution in [3.8, 4) is 0 Å². The van der Waals surface area contributed by atoms with Crippen LogP contribution >= 0.6 is 0 Å². The van der Waals surface area contributed by atoms with Crippen LogP contribution in [-0.4, -0.2) is 20.9 Å². The number of carbonyl (C=O) groups is 1. The number of carbonyl (C=O) groups excluding carboxylic acids is 1. The molecule has 24 heavy (non-hydrogen) atoms. The van der Waals surface area contributed by atoms with Crippen molar-refractivity contribution in [1.29, 1.82) is 0 Å². The van der Waals surface area contributed by atoms with Gasteiger partial charge in [-0.3, -0.25) is 19.0 Å². The average Bonchev–Trinajstić information content (AvgIpc) is 2.82. The van der Waals surface area contributed by atoms with E-state index in [-0.39, 0.29) is 18.1 Å². The van der Waals surface area contributed by atoms with Gasteiger partial charge in [0.15, 0.2) is 0 Å². The Morgan fingerprint density at radius 3 is 2.08 bits per heavy atom. The van der Waals surface area contributed by atoms with E-state index in [0.29, 0.717) is 6.54 Å². The zero-order valence-electron chi connectivity index (χ0n) is 16.9. The highest BCUT2D eigenvalue weighted by molar-refractivity contribution is 5.69. The van der Waals surface area contributed by atoms with Gasteiger partial charge < -0.3 is 4.74 Å². The third-order valence-corrected chi connectivity index (χ3v) is 3.53. The van der Waals surface area contributed by atoms with E-state index in [9.17, 15) is 9.59 Å². The Bertz CT molecular complexity index is 562. The molecule has 140 valence electrons. The first-order chi connectivity index (χ1) is 11.3. The zero-order valence-corrected chi connectivity index (χ0v) is 16.9. The van der Waals surface area contributed by atoms with Crippen LogP contribution in [0, 0.1) is 0 Å². The Balaban J connectivity index is 0.00000123. The fourth-order valence-electron chi connectivity index (χ4n) is 2.81. The second-order valence-electron chi connectivity index (χ2n) is 6.30. The van der Waals surface area contributed by atoms with Crippen molar-refractivity contribution in [2.24, 2.45) is 0 Å². The van der Waals surface area contributed by atoms with E-state index in [1.807, 2.05) is 60.1 Å². The van der Waals surface area contributed by atoms with Gasteiger partial charge in [-0.15, -0.1) is 0 Å². The van der Waals surface area contributed by atoms with Gasteiger partial charge in [0.1, 0.15) is 12.1 Å². The average molecular weight is 341 g/mol. The highest BCUT2D eigenvalue weighted by Gasteiger charge is 2.24. The molecule has 0 saturated heterocycles. The van der Waals surface area contributed by atoms with E-state index in [4.69, 9.17) is 4.74 Å². The summed E-state index contributed by atoms with van der Waals surface area (Å²) in [7, 11) is 0. The van der Waals surface area contributed by atoms with Crippen molar-refractivity contribution >= 4 is 5.97 Å². The van der Waals surface area contributed by atoms with Crippen LogP contribution in [0.5, 0.6) is 0 Å². The molecule has 5 nitrogen and oxygen atoms in total. The predicted octanol–water partition coefficient (Wildman–Crippen LogP) is 3.94. The van der Waals surface area contributed by atoms with Crippen molar-refractivity contribution in [2.75, 3.05) is 0 Å². The van der Waals surface area contributed by atoms with Gasteiger partial charge in [0.2, 0.25) is 0 Å². The van der Waals surface area contributed by atoms with Crippen LogP contribution in [0.1, 0.15) is 79.5 Å². The fourth-order valence-corrected chi connectivity index (χ4v) is 2.81. The second kappa shape index (κ2) is 10.4. The zero-order chi connectivity index (χ0) is 18.9. The minimum atomic E-state index is -0.498. The lowest BCUT2D eigenvalue weighted by molar-refractivity contribution is -0.156. The molecule has 0 aromatic carbocycles. The van der Waals surface area contributed by atoms with Gasteiger partial charge >= 0.3 is 5.97 Å². The summed E-state index contributed by atoms with van der Waals surface area (Å²) in [4.78, 5) is 24.4. The van der Waals surface area contributed by atoms with E-state index < -0.39 is 5.60 Å². The van der Waals surface area contributed by atoms with Crippen LogP contribution in [0.15, 0.2) is 4.79 Å². The number of esters is 1. The van der Waals surface area contributed by atoms with Crippen LogP contribution in [0.3, 0.4) is 0 Å².